The van der Waals surface area contributed by atoms with Crippen LogP contribution in [0, 0.1) is 0 Å². The second-order valence-corrected chi connectivity index (χ2v) is 9.89. The number of carbonyl (C=O) groups excluding carboxylic acids is 4. The number of thioether (sulfide) groups is 1. The van der Waals surface area contributed by atoms with Gasteiger partial charge >= 0.3 is 5.97 Å². The van der Waals surface area contributed by atoms with Crippen molar-refractivity contribution in [1.29, 1.82) is 0 Å². The smallest absolute Gasteiger partial charge is 0.339 e. The molecule has 4 rings (SSSR count). The molecule has 1 saturated heterocycles. The standard InChI is InChI=1S/C29H25ClN2O6S/c1-2-14-37-28(35)23-16-21(10-13-24(23)30)31-26(33)17-32-27(34)25(39-29(32)36)15-19-8-11-22(12-9-19)38-18-20-6-4-3-5-7-20/h3-13,15-16H,2,14,17-18H2,1H3,(H,31,33)/b25-15+. The molecule has 0 spiro atoms. The lowest BCUT2D eigenvalue weighted by molar-refractivity contribution is -0.127. The lowest BCUT2D eigenvalue weighted by Gasteiger charge is -2.13. The highest BCUT2D eigenvalue weighted by Gasteiger charge is 2.36. The van der Waals surface area contributed by atoms with E-state index >= 15 is 0 Å². The first-order valence-electron chi connectivity index (χ1n) is 12.1. The van der Waals surface area contributed by atoms with Crippen LogP contribution in [0.3, 0.4) is 0 Å². The lowest BCUT2D eigenvalue weighted by atomic mass is 10.2. The van der Waals surface area contributed by atoms with Crippen molar-refractivity contribution in [2.24, 2.45) is 0 Å². The Labute approximate surface area is 234 Å². The quantitative estimate of drug-likeness (QED) is 0.232. The van der Waals surface area contributed by atoms with Crippen molar-refractivity contribution in [3.63, 3.8) is 0 Å². The van der Waals surface area contributed by atoms with Gasteiger partial charge in [-0.15, -0.1) is 0 Å². The molecule has 8 nitrogen and oxygen atoms in total. The Balaban J connectivity index is 1.35. The molecule has 1 fully saturated rings. The summed E-state index contributed by atoms with van der Waals surface area (Å²) in [6.45, 7) is 2.06. The molecule has 0 aliphatic carbocycles. The van der Waals surface area contributed by atoms with Crippen molar-refractivity contribution in [2.45, 2.75) is 20.0 Å². The molecule has 3 amide bonds. The molecule has 200 valence electrons. The number of carbonyl (C=O) groups is 4. The predicted octanol–water partition coefficient (Wildman–Crippen LogP) is 6.16. The number of nitrogens with zero attached hydrogens (tertiary/aromatic N) is 1. The lowest BCUT2D eigenvalue weighted by Crippen LogP contribution is -2.36. The van der Waals surface area contributed by atoms with Gasteiger partial charge in [0.15, 0.2) is 0 Å². The minimum absolute atomic E-state index is 0.105. The Morgan fingerprint density at radius 2 is 1.77 bits per heavy atom. The number of rotatable bonds is 10. The number of benzene rings is 3. The number of amides is 3. The maximum absolute atomic E-state index is 12.9. The summed E-state index contributed by atoms with van der Waals surface area (Å²) in [6, 6.07) is 21.3. The SMILES string of the molecule is CCCOC(=O)c1cc(NC(=O)CN2C(=O)S/C(=C/c3ccc(OCc4ccccc4)cc3)C2=O)ccc1Cl. The molecule has 1 aliphatic heterocycles. The number of esters is 1. The maximum atomic E-state index is 12.9. The molecule has 0 bridgehead atoms. The number of halogens is 1. The summed E-state index contributed by atoms with van der Waals surface area (Å²) >= 11 is 6.85. The fourth-order valence-corrected chi connectivity index (χ4v) is 4.60. The zero-order valence-electron chi connectivity index (χ0n) is 21.0. The van der Waals surface area contributed by atoms with Crippen molar-refractivity contribution >= 4 is 58.1 Å². The van der Waals surface area contributed by atoms with Crippen molar-refractivity contribution in [3.8, 4) is 5.75 Å². The first-order valence-corrected chi connectivity index (χ1v) is 13.3. The Hall–Kier alpha value is -4.08. The van der Waals surface area contributed by atoms with Gasteiger partial charge in [0, 0.05) is 5.69 Å². The maximum Gasteiger partial charge on any atom is 0.339 e. The summed E-state index contributed by atoms with van der Waals surface area (Å²) in [5, 5.41) is 2.22. The summed E-state index contributed by atoms with van der Waals surface area (Å²) in [5.74, 6) is -1.10. The van der Waals surface area contributed by atoms with Crippen molar-refractivity contribution in [2.75, 3.05) is 18.5 Å². The number of imide groups is 1. The third-order valence-electron chi connectivity index (χ3n) is 5.51. The Morgan fingerprint density at radius 3 is 2.49 bits per heavy atom. The number of nitrogens with one attached hydrogen (secondary N) is 1. The van der Waals surface area contributed by atoms with Crippen LogP contribution in [0.5, 0.6) is 5.75 Å². The minimum atomic E-state index is -0.607. The Kier molecular flexibility index (Phi) is 9.40. The summed E-state index contributed by atoms with van der Waals surface area (Å²) in [5.41, 5.74) is 2.14. The average molecular weight is 565 g/mol. The van der Waals surface area contributed by atoms with E-state index < -0.39 is 29.6 Å². The molecular weight excluding hydrogens is 540 g/mol. The summed E-state index contributed by atoms with van der Waals surface area (Å²) in [4.78, 5) is 51.2. The highest BCUT2D eigenvalue weighted by atomic mass is 35.5. The average Bonchev–Trinajstić information content (AvgIpc) is 3.20. The van der Waals surface area contributed by atoms with Crippen LogP contribution in [0.2, 0.25) is 5.02 Å². The second-order valence-electron chi connectivity index (χ2n) is 8.49. The molecule has 0 aromatic heterocycles. The van der Waals surface area contributed by atoms with Gasteiger partial charge in [0.2, 0.25) is 5.91 Å². The van der Waals surface area contributed by atoms with Gasteiger partial charge in [-0.3, -0.25) is 19.3 Å². The van der Waals surface area contributed by atoms with Crippen LogP contribution in [0.15, 0.2) is 77.7 Å². The minimum Gasteiger partial charge on any atom is -0.489 e. The largest absolute Gasteiger partial charge is 0.489 e. The molecule has 39 heavy (non-hydrogen) atoms. The van der Waals surface area contributed by atoms with E-state index in [-0.39, 0.29) is 27.8 Å². The van der Waals surface area contributed by atoms with Crippen LogP contribution >= 0.6 is 23.4 Å². The van der Waals surface area contributed by atoms with E-state index in [4.69, 9.17) is 21.1 Å². The van der Waals surface area contributed by atoms with Gasteiger partial charge in [0.1, 0.15) is 18.9 Å². The monoisotopic (exact) mass is 564 g/mol. The van der Waals surface area contributed by atoms with Gasteiger partial charge in [-0.1, -0.05) is 61.0 Å². The van der Waals surface area contributed by atoms with Crippen LogP contribution in [-0.4, -0.2) is 41.1 Å². The number of anilines is 1. The fraction of sp³-hybridized carbons (Fsp3) is 0.172. The van der Waals surface area contributed by atoms with E-state index in [9.17, 15) is 19.2 Å². The number of hydrogen-bond donors (Lipinski definition) is 1. The van der Waals surface area contributed by atoms with E-state index in [0.29, 0.717) is 24.3 Å². The predicted molar refractivity (Wildman–Crippen MR) is 151 cm³/mol. The third-order valence-corrected chi connectivity index (χ3v) is 6.75. The van der Waals surface area contributed by atoms with Gasteiger partial charge in [-0.2, -0.15) is 0 Å². The van der Waals surface area contributed by atoms with Crippen LogP contribution in [0.1, 0.15) is 34.8 Å². The van der Waals surface area contributed by atoms with Crippen molar-refractivity contribution in [3.05, 3.63) is 99.4 Å². The zero-order valence-corrected chi connectivity index (χ0v) is 22.6. The van der Waals surface area contributed by atoms with Crippen LogP contribution < -0.4 is 10.1 Å². The number of ether oxygens (including phenoxy) is 2. The summed E-state index contributed by atoms with van der Waals surface area (Å²) in [7, 11) is 0. The molecular formula is C29H25ClN2O6S. The molecule has 3 aromatic rings. The number of hydrogen-bond acceptors (Lipinski definition) is 7. The Morgan fingerprint density at radius 1 is 1.03 bits per heavy atom. The van der Waals surface area contributed by atoms with Crippen LogP contribution in [-0.2, 0) is 20.9 Å². The van der Waals surface area contributed by atoms with E-state index in [1.54, 1.807) is 30.3 Å². The molecule has 1 heterocycles. The molecule has 0 saturated carbocycles. The molecule has 0 radical (unpaired) electrons. The summed E-state index contributed by atoms with van der Waals surface area (Å²) in [6.07, 6.45) is 2.25. The first-order chi connectivity index (χ1) is 18.8. The molecule has 1 aliphatic rings. The Bertz CT molecular complexity index is 1410. The molecule has 0 atom stereocenters. The van der Waals surface area contributed by atoms with E-state index in [0.717, 1.165) is 22.2 Å². The van der Waals surface area contributed by atoms with E-state index in [1.165, 1.54) is 18.2 Å². The molecule has 3 aromatic carbocycles. The fourth-order valence-electron chi connectivity index (χ4n) is 3.56. The van der Waals surface area contributed by atoms with Crippen molar-refractivity contribution in [1.82, 2.24) is 4.90 Å². The molecule has 1 N–H and O–H groups in total. The van der Waals surface area contributed by atoms with Gasteiger partial charge in [-0.25, -0.2) is 4.79 Å². The van der Waals surface area contributed by atoms with Crippen LogP contribution in [0.25, 0.3) is 6.08 Å². The van der Waals surface area contributed by atoms with Crippen molar-refractivity contribution < 1.29 is 28.7 Å². The summed E-state index contributed by atoms with van der Waals surface area (Å²) < 4.78 is 10.9. The van der Waals surface area contributed by atoms with E-state index in [2.05, 4.69) is 5.32 Å². The van der Waals surface area contributed by atoms with Crippen LogP contribution in [0.4, 0.5) is 10.5 Å². The normalized spacial score (nSPS) is 14.0. The molecule has 0 unspecified atom stereocenters. The zero-order chi connectivity index (χ0) is 27.8. The first kappa shape index (κ1) is 27.9. The highest BCUT2D eigenvalue weighted by Crippen LogP contribution is 2.32. The van der Waals surface area contributed by atoms with Gasteiger partial charge in [0.25, 0.3) is 11.1 Å². The van der Waals surface area contributed by atoms with Gasteiger partial charge < -0.3 is 14.8 Å². The van der Waals surface area contributed by atoms with E-state index in [1.807, 2.05) is 37.3 Å². The topological polar surface area (TPSA) is 102 Å². The van der Waals surface area contributed by atoms with Gasteiger partial charge in [0.05, 0.1) is 22.1 Å². The second kappa shape index (κ2) is 13.1. The molecule has 10 heteroatoms. The third kappa shape index (κ3) is 7.49. The highest BCUT2D eigenvalue weighted by molar-refractivity contribution is 8.18. The van der Waals surface area contributed by atoms with Gasteiger partial charge in [-0.05, 0) is 65.7 Å².